The molecule has 0 aliphatic rings. The summed E-state index contributed by atoms with van der Waals surface area (Å²) in [5.41, 5.74) is 0.359. The van der Waals surface area contributed by atoms with Gasteiger partial charge in [0.25, 0.3) is 11.8 Å². The number of carbonyl (C=O) groups excluding carboxylic acids is 4. The van der Waals surface area contributed by atoms with Crippen LogP contribution in [0.4, 0.5) is 5.69 Å². The van der Waals surface area contributed by atoms with Crippen molar-refractivity contribution in [3.63, 3.8) is 0 Å². The number of nitrogens with zero attached hydrogens (tertiary/aromatic N) is 1. The molecule has 1 heterocycles. The average molecular weight is 403 g/mol. The second kappa shape index (κ2) is 9.40. The molecule has 2 aromatic rings. The van der Waals surface area contributed by atoms with Crippen LogP contribution in [0.2, 0.25) is 0 Å². The zero-order valence-corrected chi connectivity index (χ0v) is 16.4. The first-order valence-electron chi connectivity index (χ1n) is 8.43. The number of nitrogens with one attached hydrogen (secondary N) is 2. The monoisotopic (exact) mass is 403 g/mol. The third-order valence-corrected chi connectivity index (χ3v) is 3.82. The highest BCUT2D eigenvalue weighted by Crippen LogP contribution is 2.33. The maximum atomic E-state index is 12.4. The molecule has 10 nitrogen and oxygen atoms in total. The van der Waals surface area contributed by atoms with Gasteiger partial charge in [-0.25, -0.2) is 4.79 Å². The summed E-state index contributed by atoms with van der Waals surface area (Å²) in [7, 11) is 4.44. The van der Waals surface area contributed by atoms with Crippen molar-refractivity contribution in [1.82, 2.24) is 9.88 Å². The van der Waals surface area contributed by atoms with Gasteiger partial charge in [-0.05, 0) is 12.1 Å². The number of carbonyl (C=O) groups is 4. The van der Waals surface area contributed by atoms with E-state index in [1.807, 2.05) is 0 Å². The standard InChI is InChI=1S/C19H21N3O7/c1-11(23)20-13-9-16(28-4)15(27-3)8-12(13)19(26)29-10-17(24)21-18(25)14-6-5-7-22(14)2/h5-9H,10H2,1-4H3,(H,20,23)(H,21,24,25). The number of hydrogen-bond acceptors (Lipinski definition) is 7. The van der Waals surface area contributed by atoms with Crippen molar-refractivity contribution < 1.29 is 33.4 Å². The summed E-state index contributed by atoms with van der Waals surface area (Å²) in [6.07, 6.45) is 1.65. The molecule has 0 aliphatic carbocycles. The Hall–Kier alpha value is -3.82. The van der Waals surface area contributed by atoms with E-state index in [0.717, 1.165) is 0 Å². The Kier molecular flexibility index (Phi) is 6.96. The lowest BCUT2D eigenvalue weighted by molar-refractivity contribution is -0.123. The molecular weight excluding hydrogens is 382 g/mol. The van der Waals surface area contributed by atoms with E-state index in [1.165, 1.54) is 43.9 Å². The summed E-state index contributed by atoms with van der Waals surface area (Å²) in [5.74, 6) is -2.21. The lowest BCUT2D eigenvalue weighted by Gasteiger charge is -2.14. The maximum Gasteiger partial charge on any atom is 0.340 e. The van der Waals surface area contributed by atoms with Crippen molar-refractivity contribution in [2.75, 3.05) is 26.1 Å². The Morgan fingerprint density at radius 3 is 2.28 bits per heavy atom. The molecule has 0 fully saturated rings. The van der Waals surface area contributed by atoms with E-state index in [2.05, 4.69) is 10.6 Å². The van der Waals surface area contributed by atoms with Gasteiger partial charge in [-0.1, -0.05) is 0 Å². The molecule has 1 aromatic carbocycles. The van der Waals surface area contributed by atoms with Crippen LogP contribution < -0.4 is 20.1 Å². The van der Waals surface area contributed by atoms with Crippen molar-refractivity contribution in [2.24, 2.45) is 7.05 Å². The van der Waals surface area contributed by atoms with Gasteiger partial charge >= 0.3 is 5.97 Å². The van der Waals surface area contributed by atoms with Crippen molar-refractivity contribution in [3.8, 4) is 11.5 Å². The zero-order chi connectivity index (χ0) is 21.6. The summed E-state index contributed by atoms with van der Waals surface area (Å²) in [6.45, 7) is 0.581. The fourth-order valence-electron chi connectivity index (χ4n) is 2.47. The zero-order valence-electron chi connectivity index (χ0n) is 16.4. The first kappa shape index (κ1) is 21.5. The number of esters is 1. The fraction of sp³-hybridized carbons (Fsp3) is 0.263. The van der Waals surface area contributed by atoms with Crippen molar-refractivity contribution >= 4 is 29.4 Å². The number of amides is 3. The van der Waals surface area contributed by atoms with E-state index >= 15 is 0 Å². The third-order valence-electron chi connectivity index (χ3n) is 3.82. The highest BCUT2D eigenvalue weighted by atomic mass is 16.5. The molecule has 1 aromatic heterocycles. The van der Waals surface area contributed by atoms with Crippen LogP contribution in [0.3, 0.4) is 0 Å². The molecule has 3 amide bonds. The minimum atomic E-state index is -0.892. The first-order valence-corrected chi connectivity index (χ1v) is 8.43. The normalized spacial score (nSPS) is 10.1. The Balaban J connectivity index is 2.11. The van der Waals surface area contributed by atoms with Crippen LogP contribution in [0.5, 0.6) is 11.5 Å². The molecule has 0 saturated carbocycles. The quantitative estimate of drug-likeness (QED) is 0.664. The van der Waals surface area contributed by atoms with E-state index in [1.54, 1.807) is 19.3 Å². The average Bonchev–Trinajstić information content (AvgIpc) is 3.11. The molecule has 10 heteroatoms. The van der Waals surface area contributed by atoms with Gasteiger partial charge in [0.15, 0.2) is 18.1 Å². The largest absolute Gasteiger partial charge is 0.493 e. The number of methoxy groups -OCH3 is 2. The Bertz CT molecular complexity index is 949. The highest BCUT2D eigenvalue weighted by Gasteiger charge is 2.21. The number of hydrogen-bond donors (Lipinski definition) is 2. The van der Waals surface area contributed by atoms with Gasteiger partial charge in [0.05, 0.1) is 25.5 Å². The van der Waals surface area contributed by atoms with Crippen molar-refractivity contribution in [3.05, 3.63) is 41.7 Å². The summed E-state index contributed by atoms with van der Waals surface area (Å²) >= 11 is 0. The Labute approximate surface area is 166 Å². The van der Waals surface area contributed by atoms with Crippen molar-refractivity contribution in [1.29, 1.82) is 0 Å². The van der Waals surface area contributed by atoms with Gasteiger partial charge in [-0.3, -0.25) is 19.7 Å². The SMILES string of the molecule is COc1cc(NC(C)=O)c(C(=O)OCC(=O)NC(=O)c2cccn2C)cc1OC. The van der Waals surface area contributed by atoms with E-state index in [-0.39, 0.29) is 22.7 Å². The second-order valence-electron chi connectivity index (χ2n) is 5.89. The number of aryl methyl sites for hydroxylation is 1. The molecule has 0 aliphatic heterocycles. The van der Waals surface area contributed by atoms with Gasteiger partial charge in [-0.15, -0.1) is 0 Å². The molecule has 0 saturated heterocycles. The number of anilines is 1. The van der Waals surface area contributed by atoms with Gasteiger partial charge in [0.1, 0.15) is 5.69 Å². The number of imide groups is 1. The maximum absolute atomic E-state index is 12.4. The van der Waals surface area contributed by atoms with Crippen LogP contribution in [0.1, 0.15) is 27.8 Å². The number of rotatable bonds is 7. The summed E-state index contributed by atoms with van der Waals surface area (Å²) in [6, 6.07) is 5.91. The minimum absolute atomic E-state index is 0.0422. The van der Waals surface area contributed by atoms with Crippen LogP contribution in [0, 0.1) is 0 Å². The molecule has 0 bridgehead atoms. The molecule has 0 unspecified atom stereocenters. The second-order valence-corrected chi connectivity index (χ2v) is 5.89. The van der Waals surface area contributed by atoms with Gasteiger partial charge in [-0.2, -0.15) is 0 Å². The first-order chi connectivity index (χ1) is 13.8. The van der Waals surface area contributed by atoms with Crippen LogP contribution in [0.25, 0.3) is 0 Å². The van der Waals surface area contributed by atoms with E-state index in [0.29, 0.717) is 5.75 Å². The summed E-state index contributed by atoms with van der Waals surface area (Å²) < 4.78 is 16.8. The molecule has 0 spiro atoms. The number of ether oxygens (including phenoxy) is 3. The number of benzene rings is 1. The van der Waals surface area contributed by atoms with E-state index in [9.17, 15) is 19.2 Å². The Morgan fingerprint density at radius 2 is 1.72 bits per heavy atom. The fourth-order valence-corrected chi connectivity index (χ4v) is 2.47. The van der Waals surface area contributed by atoms with E-state index < -0.39 is 30.3 Å². The van der Waals surface area contributed by atoms with Crippen LogP contribution in [-0.4, -0.2) is 49.1 Å². The van der Waals surface area contributed by atoms with Crippen molar-refractivity contribution in [2.45, 2.75) is 6.92 Å². The highest BCUT2D eigenvalue weighted by molar-refractivity contribution is 6.05. The lowest BCUT2D eigenvalue weighted by Crippen LogP contribution is -2.35. The minimum Gasteiger partial charge on any atom is -0.493 e. The van der Waals surface area contributed by atoms with Crippen LogP contribution in [0.15, 0.2) is 30.5 Å². The predicted octanol–water partition coefficient (Wildman–Crippen LogP) is 1.11. The topological polar surface area (TPSA) is 125 Å². The molecule has 2 N–H and O–H groups in total. The molecule has 2 rings (SSSR count). The predicted molar refractivity (Wildman–Crippen MR) is 102 cm³/mol. The summed E-state index contributed by atoms with van der Waals surface area (Å²) in [5, 5.41) is 4.62. The molecular formula is C19H21N3O7. The van der Waals surface area contributed by atoms with Gasteiger partial charge in [0, 0.05) is 32.3 Å². The van der Waals surface area contributed by atoms with Crippen LogP contribution >= 0.6 is 0 Å². The molecule has 154 valence electrons. The van der Waals surface area contributed by atoms with Gasteiger partial charge in [0.2, 0.25) is 5.91 Å². The molecule has 0 radical (unpaired) electrons. The summed E-state index contributed by atoms with van der Waals surface area (Å²) in [4.78, 5) is 47.8. The number of aromatic nitrogens is 1. The third kappa shape index (κ3) is 5.34. The molecule has 0 atom stereocenters. The van der Waals surface area contributed by atoms with Gasteiger partial charge < -0.3 is 24.1 Å². The van der Waals surface area contributed by atoms with Crippen LogP contribution in [-0.2, 0) is 21.4 Å². The lowest BCUT2D eigenvalue weighted by atomic mass is 10.1. The molecule has 29 heavy (non-hydrogen) atoms. The Morgan fingerprint density at radius 1 is 1.07 bits per heavy atom. The van der Waals surface area contributed by atoms with E-state index in [4.69, 9.17) is 14.2 Å². The smallest absolute Gasteiger partial charge is 0.340 e.